The number of nitrogens with zero attached hydrogens (tertiary/aromatic N) is 2. The molecular formula is C20H23N3O3. The minimum absolute atomic E-state index is 0.0382. The predicted octanol–water partition coefficient (Wildman–Crippen LogP) is 4.02. The summed E-state index contributed by atoms with van der Waals surface area (Å²) in [7, 11) is 0. The van der Waals surface area contributed by atoms with Crippen LogP contribution in [0.1, 0.15) is 48.1 Å². The average Bonchev–Trinajstić information content (AvgIpc) is 2.69. The van der Waals surface area contributed by atoms with Crippen molar-refractivity contribution in [2.45, 2.75) is 32.2 Å². The van der Waals surface area contributed by atoms with Gasteiger partial charge >= 0.3 is 12.0 Å². The van der Waals surface area contributed by atoms with Gasteiger partial charge in [0.1, 0.15) is 0 Å². The highest BCUT2D eigenvalue weighted by molar-refractivity contribution is 5.92. The quantitative estimate of drug-likeness (QED) is 0.843. The maximum absolute atomic E-state index is 12.8. The van der Waals surface area contributed by atoms with Crippen LogP contribution in [0.2, 0.25) is 0 Å². The molecule has 2 amide bonds. The third-order valence-electron chi connectivity index (χ3n) is 4.48. The lowest BCUT2D eigenvalue weighted by Gasteiger charge is -2.35. The Labute approximate surface area is 153 Å². The summed E-state index contributed by atoms with van der Waals surface area (Å²) in [4.78, 5) is 30.5. The number of nitrogens with one attached hydrogen (secondary N) is 1. The molecule has 1 aliphatic rings. The summed E-state index contributed by atoms with van der Waals surface area (Å²) in [5, 5.41) is 2.92. The summed E-state index contributed by atoms with van der Waals surface area (Å²) in [5.41, 5.74) is 2.18. The molecule has 6 nitrogen and oxygen atoms in total. The van der Waals surface area contributed by atoms with Crippen molar-refractivity contribution in [3.05, 3.63) is 59.9 Å². The number of anilines is 1. The van der Waals surface area contributed by atoms with Crippen molar-refractivity contribution < 1.29 is 14.3 Å². The Hall–Kier alpha value is -2.89. The molecule has 1 atom stereocenters. The Morgan fingerprint density at radius 3 is 2.73 bits per heavy atom. The lowest BCUT2D eigenvalue weighted by Crippen LogP contribution is -2.41. The second kappa shape index (κ2) is 8.47. The SMILES string of the molecule is CCOC(=O)c1ccc(NC(=O)N2CCCCC2c2cccnc2)cc1. The van der Waals surface area contributed by atoms with Crippen molar-refractivity contribution in [3.8, 4) is 0 Å². The number of aromatic nitrogens is 1. The van der Waals surface area contributed by atoms with Gasteiger partial charge in [-0.25, -0.2) is 9.59 Å². The molecule has 2 heterocycles. The summed E-state index contributed by atoms with van der Waals surface area (Å²) in [6.45, 7) is 2.82. The number of urea groups is 1. The van der Waals surface area contributed by atoms with Gasteiger partial charge in [-0.2, -0.15) is 0 Å². The zero-order chi connectivity index (χ0) is 18.4. The molecule has 2 aromatic rings. The molecule has 0 aliphatic carbocycles. The van der Waals surface area contributed by atoms with Crippen LogP contribution in [0.5, 0.6) is 0 Å². The number of carbonyl (C=O) groups excluding carboxylic acids is 2. The zero-order valence-corrected chi connectivity index (χ0v) is 14.9. The molecular weight excluding hydrogens is 330 g/mol. The molecule has 1 unspecified atom stereocenters. The van der Waals surface area contributed by atoms with E-state index in [9.17, 15) is 9.59 Å². The molecule has 136 valence electrons. The topological polar surface area (TPSA) is 71.5 Å². The first kappa shape index (κ1) is 17.9. The van der Waals surface area contributed by atoms with E-state index >= 15 is 0 Å². The van der Waals surface area contributed by atoms with Crippen LogP contribution in [0.25, 0.3) is 0 Å². The third kappa shape index (κ3) is 4.20. The van der Waals surface area contributed by atoms with Gasteiger partial charge in [-0.15, -0.1) is 0 Å². The molecule has 0 saturated carbocycles. The molecule has 1 saturated heterocycles. The molecule has 26 heavy (non-hydrogen) atoms. The van der Waals surface area contributed by atoms with Crippen molar-refractivity contribution >= 4 is 17.7 Å². The second-order valence-corrected chi connectivity index (χ2v) is 6.22. The fraction of sp³-hybridized carbons (Fsp3) is 0.350. The molecule has 1 aliphatic heterocycles. The van der Waals surface area contributed by atoms with E-state index in [2.05, 4.69) is 10.3 Å². The van der Waals surface area contributed by atoms with E-state index in [0.29, 0.717) is 24.4 Å². The number of pyridine rings is 1. The highest BCUT2D eigenvalue weighted by atomic mass is 16.5. The number of hydrogen-bond donors (Lipinski definition) is 1. The van der Waals surface area contributed by atoms with Crippen LogP contribution < -0.4 is 5.32 Å². The fourth-order valence-corrected chi connectivity index (χ4v) is 3.19. The molecule has 1 fully saturated rings. The predicted molar refractivity (Wildman–Crippen MR) is 99.0 cm³/mol. The van der Waals surface area contributed by atoms with Gasteiger partial charge in [0.15, 0.2) is 0 Å². The Morgan fingerprint density at radius 1 is 1.23 bits per heavy atom. The number of carbonyl (C=O) groups is 2. The molecule has 3 rings (SSSR count). The first-order chi connectivity index (χ1) is 12.7. The van der Waals surface area contributed by atoms with Crippen molar-refractivity contribution in [2.75, 3.05) is 18.5 Å². The highest BCUT2D eigenvalue weighted by Crippen LogP contribution is 2.30. The molecule has 6 heteroatoms. The summed E-state index contributed by atoms with van der Waals surface area (Å²) in [6, 6.07) is 10.6. The van der Waals surface area contributed by atoms with E-state index in [1.807, 2.05) is 23.2 Å². The largest absolute Gasteiger partial charge is 0.462 e. The van der Waals surface area contributed by atoms with Crippen molar-refractivity contribution in [1.82, 2.24) is 9.88 Å². The van der Waals surface area contributed by atoms with Gasteiger partial charge in [0.05, 0.1) is 18.2 Å². The summed E-state index contributed by atoms with van der Waals surface area (Å²) < 4.78 is 4.97. The number of hydrogen-bond acceptors (Lipinski definition) is 4. The number of rotatable bonds is 4. The van der Waals surface area contributed by atoms with E-state index in [1.165, 1.54) is 0 Å². The van der Waals surface area contributed by atoms with E-state index in [4.69, 9.17) is 4.74 Å². The van der Waals surface area contributed by atoms with Gasteiger partial charge < -0.3 is 15.0 Å². The van der Waals surface area contributed by atoms with E-state index in [0.717, 1.165) is 24.8 Å². The smallest absolute Gasteiger partial charge is 0.338 e. The lowest BCUT2D eigenvalue weighted by atomic mass is 9.97. The fourth-order valence-electron chi connectivity index (χ4n) is 3.19. The van der Waals surface area contributed by atoms with Gasteiger partial charge in [-0.1, -0.05) is 6.07 Å². The number of likely N-dealkylation sites (tertiary alicyclic amines) is 1. The molecule has 1 aromatic carbocycles. The minimum Gasteiger partial charge on any atom is -0.462 e. The second-order valence-electron chi connectivity index (χ2n) is 6.22. The average molecular weight is 353 g/mol. The Bertz CT molecular complexity index is 747. The van der Waals surface area contributed by atoms with E-state index in [1.54, 1.807) is 37.4 Å². The third-order valence-corrected chi connectivity index (χ3v) is 4.48. The maximum atomic E-state index is 12.8. The Morgan fingerprint density at radius 2 is 2.04 bits per heavy atom. The van der Waals surface area contributed by atoms with Crippen LogP contribution in [-0.2, 0) is 4.74 Å². The van der Waals surface area contributed by atoms with Crippen LogP contribution in [0.15, 0.2) is 48.8 Å². The van der Waals surface area contributed by atoms with E-state index in [-0.39, 0.29) is 18.0 Å². The summed E-state index contributed by atoms with van der Waals surface area (Å²) in [6.07, 6.45) is 6.58. The molecule has 0 spiro atoms. The van der Waals surface area contributed by atoms with Crippen LogP contribution in [-0.4, -0.2) is 35.0 Å². The monoisotopic (exact) mass is 353 g/mol. The molecule has 1 N–H and O–H groups in total. The Balaban J connectivity index is 1.69. The zero-order valence-electron chi connectivity index (χ0n) is 14.9. The molecule has 1 aromatic heterocycles. The van der Waals surface area contributed by atoms with E-state index < -0.39 is 0 Å². The van der Waals surface area contributed by atoms with Crippen LogP contribution in [0, 0.1) is 0 Å². The van der Waals surface area contributed by atoms with Gasteiger partial charge in [0, 0.05) is 24.6 Å². The van der Waals surface area contributed by atoms with Crippen molar-refractivity contribution in [1.29, 1.82) is 0 Å². The van der Waals surface area contributed by atoms with Gasteiger partial charge in [-0.3, -0.25) is 4.98 Å². The van der Waals surface area contributed by atoms with Gasteiger partial charge in [0.2, 0.25) is 0 Å². The maximum Gasteiger partial charge on any atom is 0.338 e. The number of esters is 1. The van der Waals surface area contributed by atoms with Crippen molar-refractivity contribution in [3.63, 3.8) is 0 Å². The van der Waals surface area contributed by atoms with Crippen LogP contribution in [0.4, 0.5) is 10.5 Å². The first-order valence-corrected chi connectivity index (χ1v) is 8.93. The molecule has 0 radical (unpaired) electrons. The van der Waals surface area contributed by atoms with Crippen LogP contribution in [0.3, 0.4) is 0 Å². The Kier molecular flexibility index (Phi) is 5.84. The van der Waals surface area contributed by atoms with Gasteiger partial charge in [-0.05, 0) is 62.1 Å². The highest BCUT2D eigenvalue weighted by Gasteiger charge is 2.28. The van der Waals surface area contributed by atoms with Crippen molar-refractivity contribution in [2.24, 2.45) is 0 Å². The number of piperidine rings is 1. The number of ether oxygens (including phenoxy) is 1. The standard InChI is InChI=1S/C20H23N3O3/c1-2-26-19(24)15-8-10-17(11-9-15)22-20(25)23-13-4-3-7-18(23)16-6-5-12-21-14-16/h5-6,8-12,14,18H,2-4,7,13H2,1H3,(H,22,25). The number of benzene rings is 1. The summed E-state index contributed by atoms with van der Waals surface area (Å²) >= 11 is 0. The summed E-state index contributed by atoms with van der Waals surface area (Å²) in [5.74, 6) is -0.363. The lowest BCUT2D eigenvalue weighted by molar-refractivity contribution is 0.0526. The first-order valence-electron chi connectivity index (χ1n) is 8.93. The number of amides is 2. The molecule has 0 bridgehead atoms. The van der Waals surface area contributed by atoms with Crippen LogP contribution >= 0.6 is 0 Å². The normalized spacial score (nSPS) is 16.8. The van der Waals surface area contributed by atoms with Gasteiger partial charge in [0.25, 0.3) is 0 Å². The minimum atomic E-state index is -0.363.